The van der Waals surface area contributed by atoms with Crippen LogP contribution in [0.3, 0.4) is 0 Å². The molecule has 0 atom stereocenters. The number of halogens is 3. The van der Waals surface area contributed by atoms with Crippen molar-refractivity contribution in [2.75, 3.05) is 6.61 Å². The highest BCUT2D eigenvalue weighted by Crippen LogP contribution is 2.35. The SMILES string of the molecule is CCOC(=O)C(F)(F)c1nc2cc(F)ccc2s1. The second kappa shape index (κ2) is 4.56. The molecule has 2 rings (SSSR count). The molecule has 0 bridgehead atoms. The number of thiazole rings is 1. The van der Waals surface area contributed by atoms with E-state index in [1.165, 1.54) is 13.0 Å². The van der Waals surface area contributed by atoms with Crippen molar-refractivity contribution in [2.24, 2.45) is 0 Å². The molecule has 0 radical (unpaired) electrons. The molecule has 0 spiro atoms. The van der Waals surface area contributed by atoms with Gasteiger partial charge >= 0.3 is 11.9 Å². The van der Waals surface area contributed by atoms with Crippen molar-refractivity contribution in [3.63, 3.8) is 0 Å². The predicted octanol–water partition coefficient (Wildman–Crippen LogP) is 3.09. The Balaban J connectivity index is 2.44. The zero-order chi connectivity index (χ0) is 13.3. The molecule has 96 valence electrons. The molecule has 0 aliphatic heterocycles. The van der Waals surface area contributed by atoms with Gasteiger partial charge in [-0.05, 0) is 19.1 Å². The molecule has 1 aromatic carbocycles. The van der Waals surface area contributed by atoms with Crippen LogP contribution in [0.15, 0.2) is 18.2 Å². The molecule has 0 N–H and O–H groups in total. The molecule has 0 unspecified atom stereocenters. The molecule has 0 fully saturated rings. The summed E-state index contributed by atoms with van der Waals surface area (Å²) in [5, 5.41) is -0.693. The summed E-state index contributed by atoms with van der Waals surface area (Å²) in [5.74, 6) is -6.03. The van der Waals surface area contributed by atoms with Gasteiger partial charge in [0.1, 0.15) is 5.82 Å². The first-order valence-electron chi connectivity index (χ1n) is 5.06. The summed E-state index contributed by atoms with van der Waals surface area (Å²) in [6.45, 7) is 1.29. The third kappa shape index (κ3) is 2.17. The monoisotopic (exact) mass is 275 g/mol. The van der Waals surface area contributed by atoms with Crippen LogP contribution in [-0.2, 0) is 15.5 Å². The molecule has 0 amide bonds. The summed E-state index contributed by atoms with van der Waals surface area (Å²) < 4.78 is 44.9. The van der Waals surface area contributed by atoms with E-state index >= 15 is 0 Å². The Labute approximate surface area is 104 Å². The Morgan fingerprint density at radius 1 is 1.50 bits per heavy atom. The number of aromatic nitrogens is 1. The topological polar surface area (TPSA) is 39.2 Å². The van der Waals surface area contributed by atoms with Crippen molar-refractivity contribution < 1.29 is 22.7 Å². The van der Waals surface area contributed by atoms with Crippen LogP contribution in [0.1, 0.15) is 11.9 Å². The first kappa shape index (κ1) is 12.8. The van der Waals surface area contributed by atoms with Crippen LogP contribution in [0.25, 0.3) is 10.2 Å². The van der Waals surface area contributed by atoms with Gasteiger partial charge in [0.05, 0.1) is 16.8 Å². The number of alkyl halides is 2. The molecule has 0 aliphatic carbocycles. The Hall–Kier alpha value is -1.63. The largest absolute Gasteiger partial charge is 0.461 e. The normalized spacial score (nSPS) is 11.8. The second-order valence-corrected chi connectivity index (χ2v) is 4.46. The number of rotatable bonds is 3. The number of benzene rings is 1. The molecular formula is C11H8F3NO2S. The Bertz CT molecular complexity index is 597. The van der Waals surface area contributed by atoms with E-state index in [2.05, 4.69) is 9.72 Å². The van der Waals surface area contributed by atoms with E-state index in [1.807, 2.05) is 0 Å². The fraction of sp³-hybridized carbons (Fsp3) is 0.273. The van der Waals surface area contributed by atoms with Gasteiger partial charge in [-0.25, -0.2) is 14.2 Å². The van der Waals surface area contributed by atoms with Crippen LogP contribution in [-0.4, -0.2) is 17.6 Å². The van der Waals surface area contributed by atoms with E-state index in [4.69, 9.17) is 0 Å². The van der Waals surface area contributed by atoms with E-state index in [0.717, 1.165) is 12.1 Å². The minimum atomic E-state index is -3.81. The minimum Gasteiger partial charge on any atom is -0.461 e. The molecule has 3 nitrogen and oxygen atoms in total. The lowest BCUT2D eigenvalue weighted by Crippen LogP contribution is -2.28. The third-order valence-corrected chi connectivity index (χ3v) is 3.26. The van der Waals surface area contributed by atoms with Crippen LogP contribution >= 0.6 is 11.3 Å². The van der Waals surface area contributed by atoms with Crippen molar-refractivity contribution in [1.82, 2.24) is 4.98 Å². The molecule has 1 aromatic heterocycles. The number of ether oxygens (including phenoxy) is 1. The van der Waals surface area contributed by atoms with Gasteiger partial charge in [0.15, 0.2) is 5.01 Å². The van der Waals surface area contributed by atoms with Gasteiger partial charge in [-0.3, -0.25) is 0 Å². The summed E-state index contributed by atoms with van der Waals surface area (Å²) in [6.07, 6.45) is 0. The summed E-state index contributed by atoms with van der Waals surface area (Å²) in [5.41, 5.74) is 0.0963. The molecule has 1 heterocycles. The smallest absolute Gasteiger partial charge is 0.393 e. The second-order valence-electron chi connectivity index (χ2n) is 3.43. The lowest BCUT2D eigenvalue weighted by molar-refractivity contribution is -0.173. The summed E-state index contributed by atoms with van der Waals surface area (Å²) in [4.78, 5) is 14.7. The maximum atomic E-state index is 13.7. The number of hydrogen-bond donors (Lipinski definition) is 0. The average Bonchev–Trinajstić information content (AvgIpc) is 2.72. The van der Waals surface area contributed by atoms with Crippen molar-refractivity contribution in [2.45, 2.75) is 12.8 Å². The molecule has 0 saturated heterocycles. The Kier molecular flexibility index (Phi) is 3.25. The zero-order valence-corrected chi connectivity index (χ0v) is 10.1. The van der Waals surface area contributed by atoms with E-state index in [9.17, 15) is 18.0 Å². The number of carbonyl (C=O) groups excluding carboxylic acids is 1. The van der Waals surface area contributed by atoms with Gasteiger partial charge in [-0.1, -0.05) is 0 Å². The van der Waals surface area contributed by atoms with Crippen molar-refractivity contribution in [3.05, 3.63) is 29.0 Å². The van der Waals surface area contributed by atoms with Crippen LogP contribution in [0.2, 0.25) is 0 Å². The van der Waals surface area contributed by atoms with Gasteiger partial charge in [0, 0.05) is 6.07 Å². The first-order chi connectivity index (χ1) is 8.45. The molecule has 0 aliphatic rings. The van der Waals surface area contributed by atoms with E-state index < -0.39 is 22.7 Å². The van der Waals surface area contributed by atoms with Gasteiger partial charge in [0.2, 0.25) is 0 Å². The van der Waals surface area contributed by atoms with Gasteiger partial charge in [0.25, 0.3) is 0 Å². The molecule has 18 heavy (non-hydrogen) atoms. The number of fused-ring (bicyclic) bond motifs is 1. The van der Waals surface area contributed by atoms with Crippen LogP contribution in [0.5, 0.6) is 0 Å². The number of hydrogen-bond acceptors (Lipinski definition) is 4. The predicted molar refractivity (Wildman–Crippen MR) is 60.1 cm³/mol. The summed E-state index contributed by atoms with van der Waals surface area (Å²) in [6, 6.07) is 3.52. The van der Waals surface area contributed by atoms with Crippen LogP contribution < -0.4 is 0 Å². The number of esters is 1. The van der Waals surface area contributed by atoms with Crippen molar-refractivity contribution >= 4 is 27.5 Å². The Morgan fingerprint density at radius 2 is 2.22 bits per heavy atom. The first-order valence-corrected chi connectivity index (χ1v) is 5.88. The van der Waals surface area contributed by atoms with Gasteiger partial charge < -0.3 is 4.74 Å². The average molecular weight is 275 g/mol. The molecular weight excluding hydrogens is 267 g/mol. The minimum absolute atomic E-state index is 0.0963. The van der Waals surface area contributed by atoms with E-state index in [-0.39, 0.29) is 12.1 Å². The highest BCUT2D eigenvalue weighted by Gasteiger charge is 2.45. The molecule has 0 saturated carbocycles. The highest BCUT2D eigenvalue weighted by molar-refractivity contribution is 7.18. The lowest BCUT2D eigenvalue weighted by atomic mass is 10.3. The number of nitrogens with zero attached hydrogens (tertiary/aromatic N) is 1. The standard InChI is InChI=1S/C11H8F3NO2S/c1-2-17-10(16)11(13,14)9-15-7-5-6(12)3-4-8(7)18-9/h3-5H,2H2,1H3. The Morgan fingerprint density at radius 3 is 2.89 bits per heavy atom. The van der Waals surface area contributed by atoms with Gasteiger partial charge in [-0.15, -0.1) is 11.3 Å². The zero-order valence-electron chi connectivity index (χ0n) is 9.25. The lowest BCUT2D eigenvalue weighted by Gasteiger charge is -2.10. The third-order valence-electron chi connectivity index (χ3n) is 2.15. The van der Waals surface area contributed by atoms with Crippen LogP contribution in [0, 0.1) is 5.82 Å². The van der Waals surface area contributed by atoms with E-state index in [0.29, 0.717) is 16.0 Å². The van der Waals surface area contributed by atoms with E-state index in [1.54, 1.807) is 0 Å². The number of carbonyl (C=O) groups is 1. The van der Waals surface area contributed by atoms with Crippen molar-refractivity contribution in [1.29, 1.82) is 0 Å². The molecule has 2 aromatic rings. The van der Waals surface area contributed by atoms with Crippen LogP contribution in [0.4, 0.5) is 13.2 Å². The summed E-state index contributed by atoms with van der Waals surface area (Å²) in [7, 11) is 0. The fourth-order valence-electron chi connectivity index (χ4n) is 1.34. The molecule has 7 heteroatoms. The summed E-state index contributed by atoms with van der Waals surface area (Å²) >= 11 is 0.638. The fourth-order valence-corrected chi connectivity index (χ4v) is 2.25. The van der Waals surface area contributed by atoms with Gasteiger partial charge in [-0.2, -0.15) is 8.78 Å². The maximum absolute atomic E-state index is 13.7. The van der Waals surface area contributed by atoms with Crippen molar-refractivity contribution in [3.8, 4) is 0 Å². The quantitative estimate of drug-likeness (QED) is 0.808. The highest BCUT2D eigenvalue weighted by atomic mass is 32.1. The maximum Gasteiger partial charge on any atom is 0.393 e.